The van der Waals surface area contributed by atoms with Gasteiger partial charge in [-0.05, 0) is 30.7 Å². The van der Waals surface area contributed by atoms with Gasteiger partial charge in [-0.1, -0.05) is 43.3 Å². The monoisotopic (exact) mass is 367 g/mol. The minimum atomic E-state index is -0.0586. The van der Waals surface area contributed by atoms with E-state index in [1.165, 1.54) is 11.8 Å². The zero-order valence-electron chi connectivity index (χ0n) is 14.6. The van der Waals surface area contributed by atoms with Crippen LogP contribution in [0.5, 0.6) is 0 Å². The number of nitrogens with one attached hydrogen (secondary N) is 1. The van der Waals surface area contributed by atoms with Crippen LogP contribution in [-0.4, -0.2) is 31.4 Å². The summed E-state index contributed by atoms with van der Waals surface area (Å²) in [7, 11) is 0. The molecule has 1 aromatic carbocycles. The topological polar surface area (TPSA) is 72.7 Å². The van der Waals surface area contributed by atoms with Crippen LogP contribution in [0.15, 0.2) is 60.0 Å². The molecule has 6 nitrogen and oxygen atoms in total. The summed E-state index contributed by atoms with van der Waals surface area (Å²) in [6, 6.07) is 13.3. The molecule has 134 valence electrons. The van der Waals surface area contributed by atoms with Crippen molar-refractivity contribution < 1.29 is 4.79 Å². The van der Waals surface area contributed by atoms with Crippen LogP contribution in [0.3, 0.4) is 0 Å². The maximum Gasteiger partial charge on any atom is 0.234 e. The van der Waals surface area contributed by atoms with Gasteiger partial charge < -0.3 is 9.88 Å². The maximum atomic E-state index is 12.2. The summed E-state index contributed by atoms with van der Waals surface area (Å²) >= 11 is 1.40. The van der Waals surface area contributed by atoms with E-state index in [2.05, 4.69) is 32.0 Å². The van der Waals surface area contributed by atoms with Crippen molar-refractivity contribution in [3.8, 4) is 11.4 Å². The molecule has 0 spiro atoms. The number of rotatable bonds is 8. The van der Waals surface area contributed by atoms with Gasteiger partial charge in [0.2, 0.25) is 5.91 Å². The Kier molecular flexibility index (Phi) is 6.38. The number of carbonyl (C=O) groups excluding carboxylic acids is 1. The third-order valence-electron chi connectivity index (χ3n) is 3.78. The molecule has 0 saturated carbocycles. The van der Waals surface area contributed by atoms with Gasteiger partial charge in [0.05, 0.1) is 5.75 Å². The molecule has 0 unspecified atom stereocenters. The van der Waals surface area contributed by atoms with Gasteiger partial charge in [-0.15, -0.1) is 10.2 Å². The van der Waals surface area contributed by atoms with Gasteiger partial charge in [0.1, 0.15) is 0 Å². The SMILES string of the molecule is CCCCn1c(SCC(=O)Nc2ccccc2)nnc1-c1ccncc1. The van der Waals surface area contributed by atoms with Crippen molar-refractivity contribution >= 4 is 23.4 Å². The van der Waals surface area contributed by atoms with E-state index in [0.29, 0.717) is 0 Å². The molecule has 2 heterocycles. The number of benzene rings is 1. The number of aromatic nitrogens is 4. The van der Waals surface area contributed by atoms with Crippen LogP contribution in [-0.2, 0) is 11.3 Å². The van der Waals surface area contributed by atoms with E-state index in [4.69, 9.17) is 0 Å². The smallest absolute Gasteiger partial charge is 0.234 e. The molecular weight excluding hydrogens is 346 g/mol. The van der Waals surface area contributed by atoms with E-state index in [9.17, 15) is 4.79 Å². The van der Waals surface area contributed by atoms with E-state index < -0.39 is 0 Å². The number of amides is 1. The van der Waals surface area contributed by atoms with Crippen molar-refractivity contribution in [1.82, 2.24) is 19.7 Å². The van der Waals surface area contributed by atoms with Crippen LogP contribution < -0.4 is 5.32 Å². The maximum absolute atomic E-state index is 12.2. The number of pyridine rings is 1. The summed E-state index contributed by atoms with van der Waals surface area (Å²) in [6.07, 6.45) is 5.59. The molecule has 0 bridgehead atoms. The Balaban J connectivity index is 1.71. The average Bonchev–Trinajstić information content (AvgIpc) is 3.09. The van der Waals surface area contributed by atoms with Crippen LogP contribution in [0.25, 0.3) is 11.4 Å². The average molecular weight is 367 g/mol. The van der Waals surface area contributed by atoms with Crippen LogP contribution >= 0.6 is 11.8 Å². The highest BCUT2D eigenvalue weighted by molar-refractivity contribution is 7.99. The second-order valence-corrected chi connectivity index (χ2v) is 6.69. The van der Waals surface area contributed by atoms with Crippen molar-refractivity contribution in [2.24, 2.45) is 0 Å². The third kappa shape index (κ3) is 4.70. The fraction of sp³-hybridized carbons (Fsp3) is 0.263. The van der Waals surface area contributed by atoms with Gasteiger partial charge in [0.15, 0.2) is 11.0 Å². The molecule has 1 amide bonds. The van der Waals surface area contributed by atoms with E-state index in [0.717, 1.165) is 41.6 Å². The molecule has 0 radical (unpaired) electrons. The molecule has 26 heavy (non-hydrogen) atoms. The number of anilines is 1. The molecule has 0 aliphatic rings. The number of hydrogen-bond donors (Lipinski definition) is 1. The third-order valence-corrected chi connectivity index (χ3v) is 4.75. The first-order valence-corrected chi connectivity index (χ1v) is 9.57. The van der Waals surface area contributed by atoms with Crippen molar-refractivity contribution in [2.75, 3.05) is 11.1 Å². The lowest BCUT2D eigenvalue weighted by Crippen LogP contribution is -2.14. The second-order valence-electron chi connectivity index (χ2n) is 5.75. The largest absolute Gasteiger partial charge is 0.325 e. The van der Waals surface area contributed by atoms with Gasteiger partial charge >= 0.3 is 0 Å². The van der Waals surface area contributed by atoms with Gasteiger partial charge in [0.25, 0.3) is 0 Å². The quantitative estimate of drug-likeness (QED) is 0.612. The van der Waals surface area contributed by atoms with Gasteiger partial charge in [-0.25, -0.2) is 0 Å². The summed E-state index contributed by atoms with van der Waals surface area (Å²) in [4.78, 5) is 16.2. The molecule has 0 aliphatic heterocycles. The van der Waals surface area contributed by atoms with Crippen LogP contribution in [0.1, 0.15) is 19.8 Å². The molecule has 1 N–H and O–H groups in total. The Morgan fingerprint density at radius 1 is 1.12 bits per heavy atom. The molecule has 2 aromatic heterocycles. The number of hydrogen-bond acceptors (Lipinski definition) is 5. The standard InChI is InChI=1S/C19H21N5OS/c1-2-3-13-24-18(15-9-11-20-12-10-15)22-23-19(24)26-14-17(25)21-16-7-5-4-6-8-16/h4-12H,2-3,13-14H2,1H3,(H,21,25). The molecule has 0 aliphatic carbocycles. The van der Waals surface area contributed by atoms with Gasteiger partial charge in [-0.2, -0.15) is 0 Å². The minimum absolute atomic E-state index is 0.0586. The first-order chi connectivity index (χ1) is 12.8. The fourth-order valence-electron chi connectivity index (χ4n) is 2.48. The molecule has 3 aromatic rings. The zero-order valence-corrected chi connectivity index (χ0v) is 15.4. The van der Waals surface area contributed by atoms with Crippen LogP contribution in [0.4, 0.5) is 5.69 Å². The van der Waals surface area contributed by atoms with E-state index in [-0.39, 0.29) is 11.7 Å². The first kappa shape index (κ1) is 18.1. The van der Waals surface area contributed by atoms with Crippen LogP contribution in [0, 0.1) is 0 Å². The first-order valence-electron chi connectivity index (χ1n) is 8.59. The van der Waals surface area contributed by atoms with E-state index in [1.807, 2.05) is 42.5 Å². The predicted octanol–water partition coefficient (Wildman–Crippen LogP) is 3.87. The minimum Gasteiger partial charge on any atom is -0.325 e. The lowest BCUT2D eigenvalue weighted by atomic mass is 10.2. The van der Waals surface area contributed by atoms with E-state index >= 15 is 0 Å². The van der Waals surface area contributed by atoms with Gasteiger partial charge in [-0.3, -0.25) is 9.78 Å². The van der Waals surface area contributed by atoms with Crippen molar-refractivity contribution in [3.05, 3.63) is 54.9 Å². The Morgan fingerprint density at radius 2 is 1.88 bits per heavy atom. The van der Waals surface area contributed by atoms with Crippen LogP contribution in [0.2, 0.25) is 0 Å². The number of carbonyl (C=O) groups is 1. The highest BCUT2D eigenvalue weighted by Gasteiger charge is 2.15. The Labute approximate surface area is 157 Å². The number of unbranched alkanes of at least 4 members (excludes halogenated alkanes) is 1. The second kappa shape index (κ2) is 9.15. The summed E-state index contributed by atoms with van der Waals surface area (Å²) in [5.74, 6) is 1.04. The zero-order chi connectivity index (χ0) is 18.2. The molecular formula is C19H21N5OS. The summed E-state index contributed by atoms with van der Waals surface area (Å²) < 4.78 is 2.08. The summed E-state index contributed by atoms with van der Waals surface area (Å²) in [5, 5.41) is 12.3. The highest BCUT2D eigenvalue weighted by Crippen LogP contribution is 2.24. The fourth-order valence-corrected chi connectivity index (χ4v) is 3.24. The Hall–Kier alpha value is -2.67. The highest BCUT2D eigenvalue weighted by atomic mass is 32.2. The molecule has 0 fully saturated rings. The molecule has 3 rings (SSSR count). The summed E-state index contributed by atoms with van der Waals surface area (Å²) in [6.45, 7) is 2.97. The molecule has 7 heteroatoms. The Bertz CT molecular complexity index is 836. The van der Waals surface area contributed by atoms with E-state index in [1.54, 1.807) is 12.4 Å². The Morgan fingerprint density at radius 3 is 2.62 bits per heavy atom. The van der Waals surface area contributed by atoms with Crippen molar-refractivity contribution in [3.63, 3.8) is 0 Å². The lowest BCUT2D eigenvalue weighted by molar-refractivity contribution is -0.113. The molecule has 0 atom stereocenters. The summed E-state index contributed by atoms with van der Waals surface area (Å²) in [5.41, 5.74) is 1.77. The van der Waals surface area contributed by atoms with Crippen molar-refractivity contribution in [1.29, 1.82) is 0 Å². The lowest BCUT2D eigenvalue weighted by Gasteiger charge is -2.09. The number of nitrogens with zero attached hydrogens (tertiary/aromatic N) is 4. The normalized spacial score (nSPS) is 10.7. The predicted molar refractivity (Wildman–Crippen MR) is 104 cm³/mol. The van der Waals surface area contributed by atoms with Crippen molar-refractivity contribution in [2.45, 2.75) is 31.5 Å². The van der Waals surface area contributed by atoms with Gasteiger partial charge in [0, 0.05) is 30.2 Å². The number of para-hydroxylation sites is 1. The molecule has 0 saturated heterocycles. The number of thioether (sulfide) groups is 1.